The van der Waals surface area contributed by atoms with Crippen molar-refractivity contribution in [2.75, 3.05) is 39.1 Å². The van der Waals surface area contributed by atoms with E-state index in [1.54, 1.807) is 7.11 Å². The lowest BCUT2D eigenvalue weighted by atomic mass is 9.77. The summed E-state index contributed by atoms with van der Waals surface area (Å²) in [4.78, 5) is 2.27. The summed E-state index contributed by atoms with van der Waals surface area (Å²) in [6.45, 7) is 16.9. The molecule has 0 spiro atoms. The summed E-state index contributed by atoms with van der Waals surface area (Å²) >= 11 is 4.19. The number of nitrogens with zero attached hydrogens (tertiary/aromatic N) is 3. The second-order valence-electron chi connectivity index (χ2n) is 16.6. The number of rotatable bonds is 14. The zero-order valence-electron chi connectivity index (χ0n) is 29.6. The Morgan fingerprint density at radius 2 is 1.51 bits per heavy atom. The minimum Gasteiger partial charge on any atom is -0.497 e. The van der Waals surface area contributed by atoms with Crippen molar-refractivity contribution in [3.63, 3.8) is 0 Å². The molecule has 47 heavy (non-hydrogen) atoms. The van der Waals surface area contributed by atoms with Crippen LogP contribution in [0.2, 0.25) is 51.4 Å². The van der Waals surface area contributed by atoms with E-state index in [0.29, 0.717) is 19.4 Å². The van der Waals surface area contributed by atoms with Crippen LogP contribution in [0.1, 0.15) is 32.1 Å². The van der Waals surface area contributed by atoms with E-state index in [9.17, 15) is 0 Å². The van der Waals surface area contributed by atoms with Crippen molar-refractivity contribution in [1.29, 1.82) is 0 Å². The number of fused-ring (bicyclic) bond motifs is 4. The van der Waals surface area contributed by atoms with Gasteiger partial charge >= 0.3 is 0 Å². The maximum atomic E-state index is 6.43. The Hall–Kier alpha value is -2.12. The lowest BCUT2D eigenvalue weighted by Gasteiger charge is -2.40. The Kier molecular flexibility index (Phi) is 10.6. The molecule has 2 fully saturated rings. The van der Waals surface area contributed by atoms with Gasteiger partial charge < -0.3 is 24.4 Å². The number of ether oxygens (including phenoxy) is 3. The summed E-state index contributed by atoms with van der Waals surface area (Å²) in [5, 5.41) is 11.4. The van der Waals surface area contributed by atoms with Crippen molar-refractivity contribution in [1.82, 2.24) is 14.7 Å². The van der Waals surface area contributed by atoms with Gasteiger partial charge in [-0.15, -0.1) is 0 Å². The van der Waals surface area contributed by atoms with Gasteiger partial charge in [-0.1, -0.05) is 70.3 Å². The minimum absolute atomic E-state index is 0.170. The van der Waals surface area contributed by atoms with Crippen LogP contribution in [0.4, 0.5) is 5.82 Å². The first-order chi connectivity index (χ1) is 22.4. The standard InChI is InChI=1S/C37H55BrN4O3Si2/c1-43-32-13-12-28-10-11-29(21-30(28)22-32)33-23-39-42-36(33)40-35(31-19-26-8-9-27(18-26)20-31)34(38)37(42)41(24-44-14-16-46(2,3)4)25-45-15-17-47(5,6)7/h10-13,21-23,26-27,31,35,40H,8-9,14-20,24-25H2,1-7H3/t26-,27+,31?,35?. The molecule has 3 aromatic rings. The molecule has 2 saturated carbocycles. The first-order valence-electron chi connectivity index (χ1n) is 17.6. The zero-order chi connectivity index (χ0) is 33.3. The van der Waals surface area contributed by atoms with Crippen LogP contribution in [0.3, 0.4) is 0 Å². The van der Waals surface area contributed by atoms with Gasteiger partial charge in [-0.3, -0.25) is 0 Å². The molecule has 256 valence electrons. The number of methoxy groups -OCH3 is 1. The van der Waals surface area contributed by atoms with Crippen LogP contribution in [0, 0.1) is 17.8 Å². The predicted octanol–water partition coefficient (Wildman–Crippen LogP) is 9.78. The fraction of sp³-hybridized carbons (Fsp3) is 0.595. The molecule has 3 aliphatic rings. The molecule has 6 rings (SSSR count). The highest BCUT2D eigenvalue weighted by Crippen LogP contribution is 2.50. The third-order valence-corrected chi connectivity index (χ3v) is 14.5. The Balaban J connectivity index is 1.37. The molecule has 0 radical (unpaired) electrons. The van der Waals surface area contributed by atoms with Crippen molar-refractivity contribution in [2.24, 2.45) is 17.8 Å². The Labute approximate surface area is 292 Å². The minimum atomic E-state index is -1.22. The van der Waals surface area contributed by atoms with Gasteiger partial charge in [-0.25, -0.2) is 0 Å². The molecule has 2 heterocycles. The lowest BCUT2D eigenvalue weighted by Crippen LogP contribution is -2.42. The highest BCUT2D eigenvalue weighted by Gasteiger charge is 2.42. The van der Waals surface area contributed by atoms with Gasteiger partial charge in [0.1, 0.15) is 30.8 Å². The summed E-state index contributed by atoms with van der Waals surface area (Å²) in [5.41, 5.74) is 2.25. The summed E-state index contributed by atoms with van der Waals surface area (Å²) in [6, 6.07) is 15.4. The maximum absolute atomic E-state index is 6.43. The van der Waals surface area contributed by atoms with E-state index in [4.69, 9.17) is 19.3 Å². The van der Waals surface area contributed by atoms with Gasteiger partial charge in [-0.2, -0.15) is 9.78 Å². The fourth-order valence-corrected chi connectivity index (χ4v) is 9.96. The number of hydrogen-bond donors (Lipinski definition) is 1. The highest BCUT2D eigenvalue weighted by molar-refractivity contribution is 9.11. The van der Waals surface area contributed by atoms with E-state index in [1.165, 1.54) is 37.5 Å². The van der Waals surface area contributed by atoms with Gasteiger partial charge in [0.15, 0.2) is 0 Å². The van der Waals surface area contributed by atoms with Crippen LogP contribution in [0.15, 0.2) is 47.1 Å². The number of nitrogens with one attached hydrogen (secondary N) is 1. The average Bonchev–Trinajstić information content (AvgIpc) is 3.60. The van der Waals surface area contributed by atoms with Gasteiger partial charge in [0.25, 0.3) is 0 Å². The first-order valence-corrected chi connectivity index (χ1v) is 25.8. The average molecular weight is 740 g/mol. The smallest absolute Gasteiger partial charge is 0.148 e. The van der Waals surface area contributed by atoms with Crippen LogP contribution in [-0.2, 0) is 9.47 Å². The molecule has 2 bridgehead atoms. The molecule has 2 unspecified atom stereocenters. The molecule has 1 aliphatic heterocycles. The van der Waals surface area contributed by atoms with Gasteiger partial charge in [-0.05, 0) is 99.6 Å². The monoisotopic (exact) mass is 738 g/mol. The second kappa shape index (κ2) is 14.4. The molecule has 0 saturated heterocycles. The Bertz CT molecular complexity index is 1550. The highest BCUT2D eigenvalue weighted by atomic mass is 79.9. The molecular formula is C37H55BrN4O3Si2. The quantitative estimate of drug-likeness (QED) is 0.101. The predicted molar refractivity (Wildman–Crippen MR) is 205 cm³/mol. The molecule has 4 atom stereocenters. The normalized spacial score (nSPS) is 22.8. The van der Waals surface area contributed by atoms with E-state index in [1.807, 2.05) is 12.3 Å². The summed E-state index contributed by atoms with van der Waals surface area (Å²) in [6.07, 6.45) is 8.74. The molecular weight excluding hydrogens is 685 g/mol. The molecule has 7 nitrogen and oxygen atoms in total. The zero-order valence-corrected chi connectivity index (χ0v) is 33.2. The van der Waals surface area contributed by atoms with Crippen molar-refractivity contribution in [3.05, 3.63) is 47.1 Å². The third-order valence-electron chi connectivity index (χ3n) is 10.3. The fourth-order valence-electron chi connectivity index (χ4n) is 7.54. The Morgan fingerprint density at radius 3 is 2.13 bits per heavy atom. The number of halogens is 1. The topological polar surface area (TPSA) is 60.8 Å². The van der Waals surface area contributed by atoms with Crippen molar-refractivity contribution < 1.29 is 14.2 Å². The van der Waals surface area contributed by atoms with Gasteiger partial charge in [0, 0.05) is 34.9 Å². The van der Waals surface area contributed by atoms with Crippen LogP contribution in [0.5, 0.6) is 5.75 Å². The third kappa shape index (κ3) is 8.37. The Morgan fingerprint density at radius 1 is 0.872 bits per heavy atom. The maximum Gasteiger partial charge on any atom is 0.148 e. The summed E-state index contributed by atoms with van der Waals surface area (Å²) in [5.74, 6) is 5.20. The lowest BCUT2D eigenvalue weighted by molar-refractivity contribution is -0.00975. The van der Waals surface area contributed by atoms with E-state index in [2.05, 4.69) is 100 Å². The molecule has 10 heteroatoms. The van der Waals surface area contributed by atoms with Crippen LogP contribution >= 0.6 is 15.9 Å². The molecule has 1 aromatic heterocycles. The number of anilines is 1. The van der Waals surface area contributed by atoms with Crippen LogP contribution < -0.4 is 10.1 Å². The van der Waals surface area contributed by atoms with E-state index in [-0.39, 0.29) is 6.04 Å². The van der Waals surface area contributed by atoms with Crippen molar-refractivity contribution >= 4 is 54.5 Å². The van der Waals surface area contributed by atoms with E-state index < -0.39 is 16.1 Å². The number of benzene rings is 2. The SMILES string of the molecule is COc1ccc2ccc(-c3cnn4c3NC(C3C[C@H]5CC[C@@H](C3)C5)C(Br)=C4N(COCC[Si](C)(C)C)COCC[Si](C)(C)C)cc2c1. The van der Waals surface area contributed by atoms with Crippen molar-refractivity contribution in [3.8, 4) is 16.9 Å². The molecule has 0 amide bonds. The largest absolute Gasteiger partial charge is 0.497 e. The van der Waals surface area contributed by atoms with Gasteiger partial charge in [0.05, 0.1) is 23.8 Å². The number of hydrogen-bond acceptors (Lipinski definition) is 6. The van der Waals surface area contributed by atoms with Crippen LogP contribution in [0.25, 0.3) is 27.7 Å². The second-order valence-corrected chi connectivity index (χ2v) is 28.6. The van der Waals surface area contributed by atoms with Gasteiger partial charge in [0.2, 0.25) is 0 Å². The number of aromatic nitrogens is 2. The molecule has 2 aliphatic carbocycles. The summed E-state index contributed by atoms with van der Waals surface area (Å²) in [7, 11) is -0.716. The first kappa shape index (κ1) is 34.7. The summed E-state index contributed by atoms with van der Waals surface area (Å²) < 4.78 is 21.7. The van der Waals surface area contributed by atoms with E-state index in [0.717, 1.165) is 75.5 Å². The van der Waals surface area contributed by atoms with Crippen LogP contribution in [-0.4, -0.2) is 70.7 Å². The van der Waals surface area contributed by atoms with Crippen molar-refractivity contribution in [2.45, 2.75) is 89.5 Å². The molecule has 1 N–H and O–H groups in total. The molecule has 2 aromatic carbocycles. The van der Waals surface area contributed by atoms with E-state index >= 15 is 0 Å².